The largest absolute Gasteiger partial charge is 0.453 e. The van der Waals surface area contributed by atoms with E-state index in [0.29, 0.717) is 22.7 Å². The van der Waals surface area contributed by atoms with Gasteiger partial charge in [0, 0.05) is 23.4 Å². The van der Waals surface area contributed by atoms with Crippen LogP contribution in [-0.2, 0) is 5.41 Å². The Kier molecular flexibility index (Phi) is 5.97. The first-order valence-corrected chi connectivity index (χ1v) is 9.42. The van der Waals surface area contributed by atoms with Crippen LogP contribution in [0.4, 0.5) is 11.5 Å². The molecule has 8 heteroatoms. The highest BCUT2D eigenvalue weighted by Crippen LogP contribution is 2.29. The molecule has 1 heterocycles. The molecule has 3 rings (SSSR count). The van der Waals surface area contributed by atoms with E-state index in [1.807, 2.05) is 13.0 Å². The average Bonchev–Trinajstić information content (AvgIpc) is 2.76. The fourth-order valence-electron chi connectivity index (χ4n) is 2.77. The van der Waals surface area contributed by atoms with E-state index in [0.717, 1.165) is 11.1 Å². The molecule has 0 spiro atoms. The number of rotatable bonds is 6. The first kappa shape index (κ1) is 21.5. The molecule has 0 aliphatic carbocycles. The number of carbonyl (C=O) groups excluding carboxylic acids is 1. The van der Waals surface area contributed by atoms with Gasteiger partial charge < -0.3 is 20.2 Å². The Morgan fingerprint density at radius 3 is 2.61 bits per heavy atom. The number of carbonyl (C=O) groups is 1. The number of ether oxygens (including phenoxy) is 1. The van der Waals surface area contributed by atoms with Crippen molar-refractivity contribution in [1.29, 1.82) is 5.26 Å². The fraction of sp³-hybridized carbons (Fsp3) is 0.174. The van der Waals surface area contributed by atoms with Gasteiger partial charge in [0.1, 0.15) is 5.75 Å². The van der Waals surface area contributed by atoms with Crippen LogP contribution in [0.2, 0.25) is 0 Å². The maximum absolute atomic E-state index is 12.7. The molecule has 1 amide bonds. The minimum Gasteiger partial charge on any atom is -0.453 e. The number of pyridine rings is 1. The highest BCUT2D eigenvalue weighted by atomic mass is 16.6. The van der Waals surface area contributed by atoms with Gasteiger partial charge in [-0.15, -0.1) is 0 Å². The van der Waals surface area contributed by atoms with Gasteiger partial charge in [0.05, 0.1) is 11.5 Å². The predicted molar refractivity (Wildman–Crippen MR) is 115 cm³/mol. The maximum atomic E-state index is 12.7. The van der Waals surface area contributed by atoms with Crippen LogP contribution in [0.5, 0.6) is 11.5 Å². The Balaban J connectivity index is 1.79. The molecule has 1 N–H and O–H groups in total. The molecule has 0 atom stereocenters. The Morgan fingerprint density at radius 1 is 1.19 bits per heavy atom. The van der Waals surface area contributed by atoms with Crippen LogP contribution in [0.25, 0.3) is 0 Å². The first-order chi connectivity index (χ1) is 14.7. The molecule has 0 saturated heterocycles. The predicted octanol–water partition coefficient (Wildman–Crippen LogP) is 5.14. The van der Waals surface area contributed by atoms with E-state index in [2.05, 4.69) is 16.4 Å². The Morgan fingerprint density at radius 2 is 1.97 bits per heavy atom. The summed E-state index contributed by atoms with van der Waals surface area (Å²) in [4.78, 5) is 26.6. The number of nitro groups is 1. The van der Waals surface area contributed by atoms with Gasteiger partial charge in [-0.1, -0.05) is 18.2 Å². The van der Waals surface area contributed by atoms with E-state index in [9.17, 15) is 20.2 Å². The SMILES string of the molecule is Cc1ccc(NC(=O)c2cccc(C(C)(C)C#N)c2)cc1Oc1ccc([N+](=O)[O-])nc1. The van der Waals surface area contributed by atoms with Crippen molar-refractivity contribution in [3.05, 3.63) is 87.6 Å². The lowest BCUT2D eigenvalue weighted by Crippen LogP contribution is -2.17. The number of nitriles is 1. The van der Waals surface area contributed by atoms with Crippen molar-refractivity contribution in [2.24, 2.45) is 0 Å². The molecule has 156 valence electrons. The van der Waals surface area contributed by atoms with Crippen molar-refractivity contribution >= 4 is 17.4 Å². The van der Waals surface area contributed by atoms with Crippen LogP contribution >= 0.6 is 0 Å². The third kappa shape index (κ3) is 5.03. The summed E-state index contributed by atoms with van der Waals surface area (Å²) in [5.74, 6) is 0.228. The van der Waals surface area contributed by atoms with Crippen molar-refractivity contribution in [3.8, 4) is 17.6 Å². The van der Waals surface area contributed by atoms with Gasteiger partial charge >= 0.3 is 5.82 Å². The molecular weight excluding hydrogens is 396 g/mol. The number of nitrogens with zero attached hydrogens (tertiary/aromatic N) is 3. The fourth-order valence-corrected chi connectivity index (χ4v) is 2.77. The summed E-state index contributed by atoms with van der Waals surface area (Å²) in [7, 11) is 0. The summed E-state index contributed by atoms with van der Waals surface area (Å²) in [6, 6.07) is 17.1. The number of aryl methyl sites for hydroxylation is 1. The van der Waals surface area contributed by atoms with Crippen molar-refractivity contribution in [2.75, 3.05) is 5.32 Å². The van der Waals surface area contributed by atoms with Gasteiger partial charge in [0.15, 0.2) is 11.9 Å². The normalized spacial score (nSPS) is 10.8. The van der Waals surface area contributed by atoms with E-state index in [1.165, 1.54) is 18.3 Å². The molecule has 0 fully saturated rings. The number of nitrogens with one attached hydrogen (secondary N) is 1. The lowest BCUT2D eigenvalue weighted by molar-refractivity contribution is -0.389. The van der Waals surface area contributed by atoms with Crippen molar-refractivity contribution < 1.29 is 14.5 Å². The number of anilines is 1. The monoisotopic (exact) mass is 416 g/mol. The second-order valence-electron chi connectivity index (χ2n) is 7.46. The molecule has 0 aliphatic rings. The van der Waals surface area contributed by atoms with Crippen molar-refractivity contribution in [1.82, 2.24) is 4.98 Å². The third-order valence-electron chi connectivity index (χ3n) is 4.71. The number of amides is 1. The standard InChI is InChI=1S/C23H20N4O4/c1-15-7-8-18(12-20(15)31-19-9-10-21(25-13-19)27(29)30)26-22(28)16-5-4-6-17(11-16)23(2,3)14-24/h4-13H,1-3H3,(H,26,28). The highest BCUT2D eigenvalue weighted by Gasteiger charge is 2.21. The van der Waals surface area contributed by atoms with Gasteiger partial charge in [-0.2, -0.15) is 5.26 Å². The number of benzene rings is 2. The maximum Gasteiger partial charge on any atom is 0.363 e. The molecule has 0 aliphatic heterocycles. The summed E-state index contributed by atoms with van der Waals surface area (Å²) >= 11 is 0. The second-order valence-corrected chi connectivity index (χ2v) is 7.46. The quantitative estimate of drug-likeness (QED) is 0.439. The molecule has 8 nitrogen and oxygen atoms in total. The van der Waals surface area contributed by atoms with Crippen molar-refractivity contribution in [2.45, 2.75) is 26.2 Å². The second kappa shape index (κ2) is 8.63. The zero-order valence-electron chi connectivity index (χ0n) is 17.2. The van der Waals surface area contributed by atoms with Gasteiger partial charge in [-0.05, 0) is 66.1 Å². The zero-order chi connectivity index (χ0) is 22.6. The van der Waals surface area contributed by atoms with Crippen molar-refractivity contribution in [3.63, 3.8) is 0 Å². The van der Waals surface area contributed by atoms with Crippen LogP contribution in [0.1, 0.15) is 35.3 Å². The van der Waals surface area contributed by atoms with Crippen LogP contribution in [0, 0.1) is 28.4 Å². The van der Waals surface area contributed by atoms with E-state index in [1.54, 1.807) is 50.2 Å². The average molecular weight is 416 g/mol. The van der Waals surface area contributed by atoms with E-state index in [-0.39, 0.29) is 11.7 Å². The summed E-state index contributed by atoms with van der Waals surface area (Å²) in [6.45, 7) is 5.43. The minimum absolute atomic E-state index is 0.271. The number of hydrogen-bond donors (Lipinski definition) is 1. The van der Waals surface area contributed by atoms with Crippen LogP contribution < -0.4 is 10.1 Å². The zero-order valence-corrected chi connectivity index (χ0v) is 17.2. The lowest BCUT2D eigenvalue weighted by Gasteiger charge is -2.16. The molecule has 0 radical (unpaired) electrons. The lowest BCUT2D eigenvalue weighted by atomic mass is 9.85. The molecular formula is C23H20N4O4. The van der Waals surface area contributed by atoms with Gasteiger partial charge in [-0.3, -0.25) is 4.79 Å². The molecule has 2 aromatic carbocycles. The van der Waals surface area contributed by atoms with Crippen LogP contribution in [0.15, 0.2) is 60.8 Å². The van der Waals surface area contributed by atoms with Crippen LogP contribution in [-0.4, -0.2) is 15.8 Å². The number of aromatic nitrogens is 1. The van der Waals surface area contributed by atoms with Gasteiger partial charge in [0.25, 0.3) is 5.91 Å². The Bertz CT molecular complexity index is 1180. The Labute approximate surface area is 179 Å². The number of hydrogen-bond acceptors (Lipinski definition) is 6. The minimum atomic E-state index is -0.708. The molecule has 0 unspecified atom stereocenters. The summed E-state index contributed by atoms with van der Waals surface area (Å²) in [5, 5.41) is 22.9. The summed E-state index contributed by atoms with van der Waals surface area (Å²) in [5.41, 5.74) is 1.81. The smallest absolute Gasteiger partial charge is 0.363 e. The third-order valence-corrected chi connectivity index (χ3v) is 4.71. The molecule has 0 saturated carbocycles. The molecule has 3 aromatic rings. The summed E-state index contributed by atoms with van der Waals surface area (Å²) in [6.07, 6.45) is 1.27. The first-order valence-electron chi connectivity index (χ1n) is 9.42. The van der Waals surface area contributed by atoms with E-state index >= 15 is 0 Å². The summed E-state index contributed by atoms with van der Waals surface area (Å²) < 4.78 is 5.78. The molecule has 31 heavy (non-hydrogen) atoms. The molecule has 0 bridgehead atoms. The molecule has 1 aromatic heterocycles. The van der Waals surface area contributed by atoms with E-state index < -0.39 is 10.3 Å². The van der Waals surface area contributed by atoms with Gasteiger partial charge in [0.2, 0.25) is 0 Å². The topological polar surface area (TPSA) is 118 Å². The van der Waals surface area contributed by atoms with E-state index in [4.69, 9.17) is 4.74 Å². The van der Waals surface area contributed by atoms with Gasteiger partial charge in [-0.25, -0.2) is 0 Å². The highest BCUT2D eigenvalue weighted by molar-refractivity contribution is 6.04. The van der Waals surface area contributed by atoms with Crippen LogP contribution in [0.3, 0.4) is 0 Å². The Hall–Kier alpha value is -4.25.